The Hall–Kier alpha value is -3.08. The van der Waals surface area contributed by atoms with E-state index in [4.69, 9.17) is 9.41 Å². The van der Waals surface area contributed by atoms with Crippen molar-refractivity contribution < 1.29 is 9.21 Å². The molecule has 2 saturated carbocycles. The summed E-state index contributed by atoms with van der Waals surface area (Å²) >= 11 is 0. The SMILES string of the molecule is O=C(C1CC1)N1CCC(CN2CC3(CC3)N=C2c2ccc(-c3ccc4occc4c3)cc2)C1. The van der Waals surface area contributed by atoms with Crippen LogP contribution in [0.1, 0.15) is 37.7 Å². The van der Waals surface area contributed by atoms with Crippen molar-refractivity contribution in [3.63, 3.8) is 0 Å². The highest BCUT2D eigenvalue weighted by atomic mass is 16.3. The van der Waals surface area contributed by atoms with Crippen LogP contribution >= 0.6 is 0 Å². The minimum atomic E-state index is 0.155. The first-order valence-electron chi connectivity index (χ1n) is 12.4. The number of aliphatic imine (C=N–C) groups is 1. The van der Waals surface area contributed by atoms with Crippen molar-refractivity contribution in [1.82, 2.24) is 9.80 Å². The van der Waals surface area contributed by atoms with Crippen molar-refractivity contribution in [2.24, 2.45) is 16.8 Å². The summed E-state index contributed by atoms with van der Waals surface area (Å²) in [7, 11) is 0. The van der Waals surface area contributed by atoms with Crippen LogP contribution in [0.3, 0.4) is 0 Å². The monoisotopic (exact) mass is 439 g/mol. The molecule has 2 aromatic carbocycles. The fourth-order valence-corrected chi connectivity index (χ4v) is 5.61. The van der Waals surface area contributed by atoms with Gasteiger partial charge in [-0.3, -0.25) is 9.79 Å². The number of nitrogens with zero attached hydrogens (tertiary/aromatic N) is 3. The van der Waals surface area contributed by atoms with Crippen molar-refractivity contribution in [1.29, 1.82) is 0 Å². The lowest BCUT2D eigenvalue weighted by Gasteiger charge is -2.25. The van der Waals surface area contributed by atoms with Gasteiger partial charge in [-0.25, -0.2) is 0 Å². The van der Waals surface area contributed by atoms with Crippen LogP contribution in [0.2, 0.25) is 0 Å². The number of furan rings is 1. The smallest absolute Gasteiger partial charge is 0.225 e. The Labute approximate surface area is 194 Å². The van der Waals surface area contributed by atoms with Crippen LogP contribution in [0.5, 0.6) is 0 Å². The number of likely N-dealkylation sites (tertiary alicyclic amines) is 1. The Morgan fingerprint density at radius 3 is 2.58 bits per heavy atom. The van der Waals surface area contributed by atoms with Crippen molar-refractivity contribution in [3.8, 4) is 11.1 Å². The van der Waals surface area contributed by atoms with E-state index in [0.717, 1.165) is 62.2 Å². The molecule has 1 spiro atoms. The number of benzene rings is 2. The second kappa shape index (κ2) is 7.21. The number of hydrogen-bond acceptors (Lipinski definition) is 4. The molecule has 1 unspecified atom stereocenters. The standard InChI is InChI=1S/C28H29N3O2/c32-27(22-5-6-22)30-13-9-19(16-30)17-31-18-28(11-12-28)29-26(31)21-3-1-20(2-4-21)23-7-8-25-24(15-23)10-14-33-25/h1-4,7-8,10,14-15,19,22H,5-6,9,11-13,16-18H2. The summed E-state index contributed by atoms with van der Waals surface area (Å²) in [4.78, 5) is 22.3. The topological polar surface area (TPSA) is 49.1 Å². The lowest BCUT2D eigenvalue weighted by molar-refractivity contribution is -0.131. The lowest BCUT2D eigenvalue weighted by atomic mass is 10.0. The maximum Gasteiger partial charge on any atom is 0.225 e. The fourth-order valence-electron chi connectivity index (χ4n) is 5.61. The highest BCUT2D eigenvalue weighted by Gasteiger charge is 2.49. The number of hydrogen-bond donors (Lipinski definition) is 0. The predicted molar refractivity (Wildman–Crippen MR) is 129 cm³/mol. The number of rotatable bonds is 5. The van der Waals surface area contributed by atoms with Crippen molar-refractivity contribution in [3.05, 3.63) is 60.4 Å². The van der Waals surface area contributed by atoms with Gasteiger partial charge in [0.05, 0.1) is 11.8 Å². The van der Waals surface area contributed by atoms with E-state index in [2.05, 4.69) is 46.2 Å². The molecule has 1 aromatic heterocycles. The number of amides is 1. The first-order chi connectivity index (χ1) is 16.2. The minimum Gasteiger partial charge on any atom is -0.464 e. The summed E-state index contributed by atoms with van der Waals surface area (Å²) in [6, 6.07) is 17.2. The number of carbonyl (C=O) groups excluding carboxylic acids is 1. The maximum absolute atomic E-state index is 12.5. The Kier molecular flexibility index (Phi) is 4.24. The second-order valence-corrected chi connectivity index (χ2v) is 10.5. The van der Waals surface area contributed by atoms with Gasteiger partial charge in [-0.1, -0.05) is 30.3 Å². The first-order valence-corrected chi connectivity index (χ1v) is 12.4. The molecule has 1 amide bonds. The largest absolute Gasteiger partial charge is 0.464 e. The molecule has 168 valence electrons. The first kappa shape index (κ1) is 19.4. The lowest BCUT2D eigenvalue weighted by Crippen LogP contribution is -2.37. The number of fused-ring (bicyclic) bond motifs is 1. The molecule has 3 heterocycles. The molecule has 0 N–H and O–H groups in total. The second-order valence-electron chi connectivity index (χ2n) is 10.5. The molecule has 2 aliphatic carbocycles. The average molecular weight is 440 g/mol. The van der Waals surface area contributed by atoms with Crippen LogP contribution in [-0.4, -0.2) is 53.3 Å². The Morgan fingerprint density at radius 1 is 1.00 bits per heavy atom. The zero-order chi connectivity index (χ0) is 22.0. The summed E-state index contributed by atoms with van der Waals surface area (Å²) in [5.74, 6) is 2.43. The van der Waals surface area contributed by atoms with E-state index in [1.165, 1.54) is 29.5 Å². The van der Waals surface area contributed by atoms with Crippen LogP contribution in [0, 0.1) is 11.8 Å². The van der Waals surface area contributed by atoms with Gasteiger partial charge in [0.2, 0.25) is 5.91 Å². The number of carbonyl (C=O) groups is 1. The third kappa shape index (κ3) is 3.54. The Morgan fingerprint density at radius 2 is 1.79 bits per heavy atom. The molecule has 7 rings (SSSR count). The third-order valence-corrected chi connectivity index (χ3v) is 7.89. The third-order valence-electron chi connectivity index (χ3n) is 7.89. The van der Waals surface area contributed by atoms with Crippen LogP contribution < -0.4 is 0 Å². The molecule has 1 saturated heterocycles. The minimum absolute atomic E-state index is 0.155. The molecular weight excluding hydrogens is 410 g/mol. The maximum atomic E-state index is 12.5. The molecular formula is C28H29N3O2. The van der Waals surface area contributed by atoms with Gasteiger partial charge in [-0.2, -0.15) is 0 Å². The summed E-state index contributed by atoms with van der Waals surface area (Å²) < 4.78 is 5.48. The van der Waals surface area contributed by atoms with E-state index in [0.29, 0.717) is 17.7 Å². The van der Waals surface area contributed by atoms with Crippen molar-refractivity contribution in [2.75, 3.05) is 26.2 Å². The molecule has 0 radical (unpaired) electrons. The molecule has 2 aliphatic heterocycles. The molecule has 33 heavy (non-hydrogen) atoms. The highest BCUT2D eigenvalue weighted by molar-refractivity contribution is 6.01. The van der Waals surface area contributed by atoms with Gasteiger partial charge in [0.25, 0.3) is 0 Å². The van der Waals surface area contributed by atoms with Crippen LogP contribution in [0.4, 0.5) is 0 Å². The van der Waals surface area contributed by atoms with Crippen molar-refractivity contribution in [2.45, 2.75) is 37.6 Å². The summed E-state index contributed by atoms with van der Waals surface area (Å²) in [6.45, 7) is 3.89. The molecule has 0 bridgehead atoms. The molecule has 3 fully saturated rings. The predicted octanol–water partition coefficient (Wildman–Crippen LogP) is 4.95. The van der Waals surface area contributed by atoms with E-state index in [-0.39, 0.29) is 5.54 Å². The van der Waals surface area contributed by atoms with E-state index < -0.39 is 0 Å². The fraction of sp³-hybridized carbons (Fsp3) is 0.429. The number of amidine groups is 1. The molecule has 1 atom stereocenters. The van der Waals surface area contributed by atoms with Crippen LogP contribution in [0.15, 0.2) is 64.2 Å². The van der Waals surface area contributed by atoms with Gasteiger partial charge in [0, 0.05) is 43.0 Å². The molecule has 3 aromatic rings. The molecule has 5 nitrogen and oxygen atoms in total. The zero-order valence-electron chi connectivity index (χ0n) is 18.9. The van der Waals surface area contributed by atoms with E-state index in [1.54, 1.807) is 6.26 Å². The van der Waals surface area contributed by atoms with E-state index in [9.17, 15) is 4.79 Å². The van der Waals surface area contributed by atoms with Gasteiger partial charge < -0.3 is 14.2 Å². The summed E-state index contributed by atoms with van der Waals surface area (Å²) in [6.07, 6.45) is 7.45. The summed E-state index contributed by atoms with van der Waals surface area (Å²) in [5, 5.41) is 1.13. The van der Waals surface area contributed by atoms with Crippen LogP contribution in [0.25, 0.3) is 22.1 Å². The molecule has 4 aliphatic rings. The Bertz CT molecular complexity index is 1250. The molecule has 5 heteroatoms. The average Bonchev–Trinajstić information content (AvgIpc) is 3.67. The van der Waals surface area contributed by atoms with Crippen molar-refractivity contribution >= 4 is 22.7 Å². The van der Waals surface area contributed by atoms with Gasteiger partial charge in [-0.05, 0) is 67.3 Å². The van der Waals surface area contributed by atoms with E-state index >= 15 is 0 Å². The van der Waals surface area contributed by atoms with Gasteiger partial charge in [-0.15, -0.1) is 0 Å². The van der Waals surface area contributed by atoms with Gasteiger partial charge in [0.15, 0.2) is 0 Å². The zero-order valence-corrected chi connectivity index (χ0v) is 18.9. The quantitative estimate of drug-likeness (QED) is 0.565. The van der Waals surface area contributed by atoms with Gasteiger partial charge >= 0.3 is 0 Å². The summed E-state index contributed by atoms with van der Waals surface area (Å²) in [5.41, 5.74) is 4.69. The van der Waals surface area contributed by atoms with Crippen LogP contribution in [-0.2, 0) is 4.79 Å². The van der Waals surface area contributed by atoms with Gasteiger partial charge in [0.1, 0.15) is 11.4 Å². The Balaban J connectivity index is 1.09. The highest BCUT2D eigenvalue weighted by Crippen LogP contribution is 2.45. The normalized spacial score (nSPS) is 23.5. The van der Waals surface area contributed by atoms with E-state index in [1.807, 2.05) is 12.1 Å².